The number of aromatic nitrogens is 3. The number of amides is 1. The molecular formula is C26H29F3N4O4. The first-order valence-corrected chi connectivity index (χ1v) is 12.1. The van der Waals surface area contributed by atoms with Gasteiger partial charge in [0, 0.05) is 22.8 Å². The highest BCUT2D eigenvalue weighted by Crippen LogP contribution is 2.36. The number of alkyl halides is 3. The molecule has 2 aromatic heterocycles. The van der Waals surface area contributed by atoms with Crippen molar-refractivity contribution in [2.45, 2.75) is 64.3 Å². The molecule has 0 radical (unpaired) electrons. The zero-order valence-corrected chi connectivity index (χ0v) is 20.8. The fourth-order valence-electron chi connectivity index (χ4n) is 4.63. The number of esters is 1. The van der Waals surface area contributed by atoms with E-state index in [0.29, 0.717) is 35.9 Å². The molecule has 1 fully saturated rings. The van der Waals surface area contributed by atoms with Crippen LogP contribution in [0.2, 0.25) is 0 Å². The Hall–Kier alpha value is -3.47. The summed E-state index contributed by atoms with van der Waals surface area (Å²) in [5.74, 6) is -1.12. The van der Waals surface area contributed by atoms with Crippen molar-refractivity contribution in [1.29, 1.82) is 0 Å². The molecule has 4 rings (SSSR count). The second kappa shape index (κ2) is 10.1. The number of fused-ring (bicyclic) bond motifs is 1. The van der Waals surface area contributed by atoms with Crippen molar-refractivity contribution < 1.29 is 32.6 Å². The third-order valence-corrected chi connectivity index (χ3v) is 6.53. The van der Waals surface area contributed by atoms with Crippen LogP contribution in [0.25, 0.3) is 10.9 Å². The Balaban J connectivity index is 1.60. The Labute approximate surface area is 211 Å². The number of carbonyl (C=O) groups excluding carboxylic acids is 2. The smallest absolute Gasteiger partial charge is 0.433 e. The van der Waals surface area contributed by atoms with Crippen molar-refractivity contribution in [1.82, 2.24) is 14.8 Å². The van der Waals surface area contributed by atoms with Gasteiger partial charge in [-0.3, -0.25) is 14.3 Å². The predicted molar refractivity (Wildman–Crippen MR) is 130 cm³/mol. The lowest BCUT2D eigenvalue weighted by Crippen LogP contribution is -2.25. The molecule has 2 heterocycles. The van der Waals surface area contributed by atoms with E-state index >= 15 is 0 Å². The van der Waals surface area contributed by atoms with Crippen LogP contribution >= 0.6 is 0 Å². The molecule has 1 aliphatic carbocycles. The maximum Gasteiger partial charge on any atom is 0.433 e. The second-order valence-electron chi connectivity index (χ2n) is 9.74. The summed E-state index contributed by atoms with van der Waals surface area (Å²) in [6, 6.07) is 6.48. The Kier molecular flexibility index (Phi) is 7.27. The lowest BCUT2D eigenvalue weighted by Gasteiger charge is -2.27. The third-order valence-electron chi connectivity index (χ3n) is 6.53. The van der Waals surface area contributed by atoms with Gasteiger partial charge in [-0.2, -0.15) is 18.3 Å². The van der Waals surface area contributed by atoms with Crippen LogP contribution in [0, 0.1) is 5.92 Å². The number of nitrogens with one attached hydrogen (secondary N) is 1. The van der Waals surface area contributed by atoms with Crippen molar-refractivity contribution in [2.75, 3.05) is 11.9 Å². The van der Waals surface area contributed by atoms with Crippen LogP contribution in [0.1, 0.15) is 74.2 Å². The quantitative estimate of drug-likeness (QED) is 0.433. The molecule has 11 heteroatoms. The van der Waals surface area contributed by atoms with Gasteiger partial charge >= 0.3 is 12.1 Å². The van der Waals surface area contributed by atoms with Gasteiger partial charge in [-0.15, -0.1) is 0 Å². The van der Waals surface area contributed by atoms with Crippen LogP contribution in [0.5, 0.6) is 0 Å². The first-order chi connectivity index (χ1) is 17.4. The van der Waals surface area contributed by atoms with E-state index in [1.165, 1.54) is 6.07 Å². The van der Waals surface area contributed by atoms with Crippen molar-refractivity contribution in [3.63, 3.8) is 0 Å². The SMILES string of the molecule is CCOC(=O)[C@H]1CC[C@H](n2cc3cc(NC(=O)c4cccc(C(F)(F)F)n4)c(C(C)(C)O)cc3n2)CC1. The number of hydrogen-bond acceptors (Lipinski definition) is 6. The molecule has 0 aliphatic heterocycles. The molecule has 198 valence electrons. The van der Waals surface area contributed by atoms with Gasteiger partial charge in [0.15, 0.2) is 0 Å². The fraction of sp³-hybridized carbons (Fsp3) is 0.462. The summed E-state index contributed by atoms with van der Waals surface area (Å²) in [6.07, 6.45) is 0.0373. The lowest BCUT2D eigenvalue weighted by molar-refractivity contribution is -0.149. The molecule has 0 unspecified atom stereocenters. The zero-order valence-electron chi connectivity index (χ0n) is 20.8. The number of halogens is 3. The average Bonchev–Trinajstić information content (AvgIpc) is 3.26. The Bertz CT molecular complexity index is 1310. The minimum atomic E-state index is -4.68. The van der Waals surface area contributed by atoms with Crippen molar-refractivity contribution in [2.24, 2.45) is 5.92 Å². The van der Waals surface area contributed by atoms with Crippen molar-refractivity contribution >= 4 is 28.5 Å². The minimum absolute atomic E-state index is 0.0796. The van der Waals surface area contributed by atoms with E-state index in [0.717, 1.165) is 25.0 Å². The van der Waals surface area contributed by atoms with Crippen LogP contribution < -0.4 is 5.32 Å². The molecule has 8 nitrogen and oxygen atoms in total. The summed E-state index contributed by atoms with van der Waals surface area (Å²) >= 11 is 0. The number of rotatable bonds is 6. The maximum atomic E-state index is 13.0. The highest BCUT2D eigenvalue weighted by Gasteiger charge is 2.33. The monoisotopic (exact) mass is 518 g/mol. The van der Waals surface area contributed by atoms with E-state index in [1.807, 2.05) is 10.9 Å². The predicted octanol–water partition coefficient (Wildman–Crippen LogP) is 5.22. The summed E-state index contributed by atoms with van der Waals surface area (Å²) in [5, 5.41) is 18.7. The van der Waals surface area contributed by atoms with Crippen molar-refractivity contribution in [3.05, 3.63) is 53.5 Å². The van der Waals surface area contributed by atoms with Gasteiger partial charge < -0.3 is 15.2 Å². The van der Waals surface area contributed by atoms with Gasteiger partial charge in [0.05, 0.1) is 29.7 Å². The summed E-state index contributed by atoms with van der Waals surface area (Å²) in [7, 11) is 0. The number of aliphatic hydroxyl groups is 1. The molecule has 0 spiro atoms. The van der Waals surface area contributed by atoms with Gasteiger partial charge in [-0.25, -0.2) is 4.98 Å². The summed E-state index contributed by atoms with van der Waals surface area (Å²) in [5.41, 5.74) is -1.74. The largest absolute Gasteiger partial charge is 0.466 e. The van der Waals surface area contributed by atoms with E-state index in [9.17, 15) is 27.9 Å². The zero-order chi connectivity index (χ0) is 27.0. The van der Waals surface area contributed by atoms with Gasteiger partial charge in [0.2, 0.25) is 0 Å². The first-order valence-electron chi connectivity index (χ1n) is 12.1. The third kappa shape index (κ3) is 5.93. The second-order valence-corrected chi connectivity index (χ2v) is 9.74. The van der Waals surface area contributed by atoms with E-state index in [2.05, 4.69) is 15.4 Å². The average molecular weight is 519 g/mol. The molecule has 1 amide bonds. The lowest BCUT2D eigenvalue weighted by atomic mass is 9.86. The summed E-state index contributed by atoms with van der Waals surface area (Å²) < 4.78 is 46.1. The summed E-state index contributed by atoms with van der Waals surface area (Å²) in [4.78, 5) is 28.3. The number of benzene rings is 1. The van der Waals surface area contributed by atoms with Gasteiger partial charge in [0.25, 0.3) is 5.91 Å². The van der Waals surface area contributed by atoms with Crippen LogP contribution in [0.3, 0.4) is 0 Å². The topological polar surface area (TPSA) is 106 Å². The standard InChI is InChI=1S/C26H29F3N4O4/c1-4-37-24(35)15-8-10-17(11-9-15)33-14-16-12-21(18(25(2,3)36)13-20(16)32-33)31-23(34)19-6-5-7-22(30-19)26(27,28)29/h5-7,12-15,17,36H,4,8-11H2,1-3H3,(H,31,34)/t15-,17-. The molecular weight excluding hydrogens is 489 g/mol. The molecule has 0 atom stereocenters. The van der Waals surface area contributed by atoms with Crippen LogP contribution in [0.4, 0.5) is 18.9 Å². The molecule has 1 saturated carbocycles. The number of ether oxygens (including phenoxy) is 1. The first kappa shape index (κ1) is 26.6. The molecule has 37 heavy (non-hydrogen) atoms. The maximum absolute atomic E-state index is 13.0. The molecule has 0 saturated heterocycles. The van der Waals surface area contributed by atoms with Gasteiger partial charge in [0.1, 0.15) is 11.4 Å². The molecule has 2 N–H and O–H groups in total. The van der Waals surface area contributed by atoms with Gasteiger partial charge in [-0.05, 0) is 70.7 Å². The number of hydrogen-bond donors (Lipinski definition) is 2. The van der Waals surface area contributed by atoms with Crippen LogP contribution in [-0.2, 0) is 21.3 Å². The number of carbonyl (C=O) groups is 2. The van der Waals surface area contributed by atoms with E-state index in [4.69, 9.17) is 4.74 Å². The van der Waals surface area contributed by atoms with E-state index in [1.54, 1.807) is 32.9 Å². The molecule has 3 aromatic rings. The summed E-state index contributed by atoms with van der Waals surface area (Å²) in [6.45, 7) is 5.23. The highest BCUT2D eigenvalue weighted by molar-refractivity contribution is 6.04. The number of nitrogens with zero attached hydrogens (tertiary/aromatic N) is 3. The minimum Gasteiger partial charge on any atom is -0.466 e. The molecule has 0 bridgehead atoms. The number of anilines is 1. The highest BCUT2D eigenvalue weighted by atomic mass is 19.4. The van der Waals surface area contributed by atoms with Crippen molar-refractivity contribution in [3.8, 4) is 0 Å². The fourth-order valence-corrected chi connectivity index (χ4v) is 4.63. The van der Waals surface area contributed by atoms with E-state index in [-0.39, 0.29) is 23.6 Å². The normalized spacial score (nSPS) is 18.6. The number of pyridine rings is 1. The molecule has 1 aliphatic rings. The Morgan fingerprint density at radius 3 is 2.49 bits per heavy atom. The Morgan fingerprint density at radius 2 is 1.86 bits per heavy atom. The van der Waals surface area contributed by atoms with Gasteiger partial charge in [-0.1, -0.05) is 6.07 Å². The van der Waals surface area contributed by atoms with Crippen LogP contribution in [0.15, 0.2) is 36.5 Å². The van der Waals surface area contributed by atoms with E-state index < -0.39 is 29.1 Å². The van der Waals surface area contributed by atoms with Crippen LogP contribution in [-0.4, -0.2) is 38.4 Å². The Morgan fingerprint density at radius 1 is 1.16 bits per heavy atom. The molecule has 1 aromatic carbocycles.